The lowest BCUT2D eigenvalue weighted by molar-refractivity contribution is 0.0688. The summed E-state index contributed by atoms with van der Waals surface area (Å²) in [7, 11) is -3.89. The third kappa shape index (κ3) is 4.45. The molecule has 0 fully saturated rings. The summed E-state index contributed by atoms with van der Waals surface area (Å²) < 4.78 is 27.8. The van der Waals surface area contributed by atoms with Gasteiger partial charge in [0.05, 0.1) is 11.3 Å². The van der Waals surface area contributed by atoms with Gasteiger partial charge in [0.25, 0.3) is 5.91 Å². The number of hydrogen-bond acceptors (Lipinski definition) is 5. The summed E-state index contributed by atoms with van der Waals surface area (Å²) in [5.74, 6) is -2.71. The molecule has 0 aliphatic carbocycles. The molecule has 0 saturated heterocycles. The molecule has 122 valence electrons. The number of carbonyl (C=O) groups is 2. The van der Waals surface area contributed by atoms with E-state index in [1.165, 1.54) is 25.1 Å². The molecule has 1 rings (SSSR count). The molecule has 8 heteroatoms. The second-order valence-corrected chi connectivity index (χ2v) is 6.56. The Morgan fingerprint density at radius 1 is 1.32 bits per heavy atom. The second-order valence-electron chi connectivity index (χ2n) is 4.70. The summed E-state index contributed by atoms with van der Waals surface area (Å²) in [5.41, 5.74) is -0.614. The van der Waals surface area contributed by atoms with Crippen LogP contribution < -0.4 is 9.50 Å². The van der Waals surface area contributed by atoms with Crippen LogP contribution in [0.5, 0.6) is 5.75 Å². The van der Waals surface area contributed by atoms with Gasteiger partial charge in [0, 0.05) is 6.04 Å². The molecule has 0 heterocycles. The van der Waals surface area contributed by atoms with Crippen molar-refractivity contribution in [2.75, 3.05) is 5.75 Å². The number of aromatic carboxylic acids is 1. The third-order valence-electron chi connectivity index (χ3n) is 3.04. The molecule has 22 heavy (non-hydrogen) atoms. The van der Waals surface area contributed by atoms with Crippen molar-refractivity contribution < 1.29 is 27.3 Å². The van der Waals surface area contributed by atoms with E-state index >= 15 is 0 Å². The standard InChI is InChI=1S/C14H19NO6S/c1-4-9(3)15-13(16)10-7-6-8-11(12(10)14(17)18)21-22(19,20)5-2/h6-9H,4-5H2,1-3H3,(H,15,16)(H,17,18). The maximum absolute atomic E-state index is 12.1. The Balaban J connectivity index is 3.30. The van der Waals surface area contributed by atoms with Crippen LogP contribution in [0.2, 0.25) is 0 Å². The molecule has 1 aromatic rings. The van der Waals surface area contributed by atoms with Crippen LogP contribution in [0.1, 0.15) is 47.9 Å². The summed E-state index contributed by atoms with van der Waals surface area (Å²) in [6, 6.07) is 3.75. The fraction of sp³-hybridized carbons (Fsp3) is 0.429. The van der Waals surface area contributed by atoms with E-state index < -0.39 is 27.6 Å². The number of amides is 1. The maximum atomic E-state index is 12.1. The number of nitrogens with one attached hydrogen (secondary N) is 1. The van der Waals surface area contributed by atoms with Crippen LogP contribution in [0, 0.1) is 0 Å². The Morgan fingerprint density at radius 3 is 2.45 bits per heavy atom. The van der Waals surface area contributed by atoms with Gasteiger partial charge < -0.3 is 14.6 Å². The molecule has 0 radical (unpaired) electrons. The highest BCUT2D eigenvalue weighted by molar-refractivity contribution is 7.87. The number of benzene rings is 1. The summed E-state index contributed by atoms with van der Waals surface area (Å²) in [4.78, 5) is 23.6. The molecule has 1 atom stereocenters. The van der Waals surface area contributed by atoms with E-state index in [0.717, 1.165) is 0 Å². The zero-order chi connectivity index (χ0) is 16.9. The third-order valence-corrected chi connectivity index (χ3v) is 4.19. The van der Waals surface area contributed by atoms with Gasteiger partial charge in [-0.15, -0.1) is 0 Å². The summed E-state index contributed by atoms with van der Waals surface area (Å²) >= 11 is 0. The fourth-order valence-electron chi connectivity index (χ4n) is 1.61. The van der Waals surface area contributed by atoms with Gasteiger partial charge in [-0.2, -0.15) is 8.42 Å². The van der Waals surface area contributed by atoms with Crippen molar-refractivity contribution in [3.63, 3.8) is 0 Å². The Bertz CT molecular complexity index is 668. The van der Waals surface area contributed by atoms with Gasteiger partial charge in [0.1, 0.15) is 5.56 Å². The number of carbonyl (C=O) groups excluding carboxylic acids is 1. The van der Waals surface area contributed by atoms with E-state index in [9.17, 15) is 23.1 Å². The zero-order valence-electron chi connectivity index (χ0n) is 12.6. The number of hydrogen-bond donors (Lipinski definition) is 2. The first-order valence-electron chi connectivity index (χ1n) is 6.81. The van der Waals surface area contributed by atoms with E-state index in [0.29, 0.717) is 6.42 Å². The van der Waals surface area contributed by atoms with Crippen LogP contribution in [0.4, 0.5) is 0 Å². The monoisotopic (exact) mass is 329 g/mol. The van der Waals surface area contributed by atoms with Gasteiger partial charge in [-0.05, 0) is 32.4 Å². The first kappa shape index (κ1) is 18.0. The maximum Gasteiger partial charge on any atom is 0.340 e. The van der Waals surface area contributed by atoms with Crippen LogP contribution in [0.3, 0.4) is 0 Å². The lowest BCUT2D eigenvalue weighted by Gasteiger charge is -2.15. The summed E-state index contributed by atoms with van der Waals surface area (Å²) in [5, 5.41) is 11.9. The summed E-state index contributed by atoms with van der Waals surface area (Å²) in [6.07, 6.45) is 0.675. The van der Waals surface area contributed by atoms with Gasteiger partial charge in [0.2, 0.25) is 0 Å². The van der Waals surface area contributed by atoms with Crippen molar-refractivity contribution in [1.82, 2.24) is 5.32 Å². The van der Waals surface area contributed by atoms with Crippen molar-refractivity contribution in [2.45, 2.75) is 33.2 Å². The molecule has 0 bridgehead atoms. The van der Waals surface area contributed by atoms with Crippen LogP contribution in [-0.4, -0.2) is 37.2 Å². The SMILES string of the molecule is CCC(C)NC(=O)c1cccc(OS(=O)(=O)CC)c1C(=O)O. The molecule has 1 amide bonds. The van der Waals surface area contributed by atoms with Crippen molar-refractivity contribution in [2.24, 2.45) is 0 Å². The van der Waals surface area contributed by atoms with Crippen LogP contribution in [0.15, 0.2) is 18.2 Å². The van der Waals surface area contributed by atoms with Gasteiger partial charge in [0.15, 0.2) is 5.75 Å². The molecule has 0 aliphatic rings. The van der Waals surface area contributed by atoms with E-state index in [4.69, 9.17) is 4.18 Å². The highest BCUT2D eigenvalue weighted by Crippen LogP contribution is 2.24. The molecular formula is C14H19NO6S. The van der Waals surface area contributed by atoms with Crippen LogP contribution in [0.25, 0.3) is 0 Å². The molecule has 1 unspecified atom stereocenters. The molecule has 0 saturated carbocycles. The lowest BCUT2D eigenvalue weighted by Crippen LogP contribution is -2.33. The number of carboxylic acids is 1. The van der Waals surface area contributed by atoms with Crippen molar-refractivity contribution in [1.29, 1.82) is 0 Å². The van der Waals surface area contributed by atoms with Crippen molar-refractivity contribution in [3.05, 3.63) is 29.3 Å². The Hall–Kier alpha value is -2.09. The Kier molecular flexibility index (Phi) is 5.92. The quantitative estimate of drug-likeness (QED) is 0.736. The van der Waals surface area contributed by atoms with Gasteiger partial charge in [-0.25, -0.2) is 4.79 Å². The normalized spacial score (nSPS) is 12.5. The first-order chi connectivity index (χ1) is 10.2. The number of rotatable bonds is 7. The zero-order valence-corrected chi connectivity index (χ0v) is 13.4. The fourth-order valence-corrected chi connectivity index (χ4v) is 2.14. The molecule has 2 N–H and O–H groups in total. The van der Waals surface area contributed by atoms with Crippen molar-refractivity contribution in [3.8, 4) is 5.75 Å². The highest BCUT2D eigenvalue weighted by Gasteiger charge is 2.24. The summed E-state index contributed by atoms with van der Waals surface area (Å²) in [6.45, 7) is 5.02. The minimum absolute atomic E-state index is 0.141. The topological polar surface area (TPSA) is 110 Å². The predicted molar refractivity (Wildman–Crippen MR) is 80.7 cm³/mol. The highest BCUT2D eigenvalue weighted by atomic mass is 32.2. The number of carboxylic acid groups (broad SMARTS) is 1. The average molecular weight is 329 g/mol. The predicted octanol–water partition coefficient (Wildman–Crippen LogP) is 1.64. The molecule has 0 aromatic heterocycles. The lowest BCUT2D eigenvalue weighted by atomic mass is 10.1. The van der Waals surface area contributed by atoms with E-state index in [2.05, 4.69) is 5.32 Å². The minimum atomic E-state index is -3.89. The average Bonchev–Trinajstić information content (AvgIpc) is 2.46. The van der Waals surface area contributed by atoms with Crippen LogP contribution in [-0.2, 0) is 10.1 Å². The molecule has 0 spiro atoms. The molecule has 0 aliphatic heterocycles. The van der Waals surface area contributed by atoms with E-state index in [-0.39, 0.29) is 23.1 Å². The molecule has 7 nitrogen and oxygen atoms in total. The van der Waals surface area contributed by atoms with E-state index in [1.807, 2.05) is 6.92 Å². The van der Waals surface area contributed by atoms with Crippen molar-refractivity contribution >= 4 is 22.0 Å². The van der Waals surface area contributed by atoms with Gasteiger partial charge >= 0.3 is 16.1 Å². The smallest absolute Gasteiger partial charge is 0.340 e. The van der Waals surface area contributed by atoms with E-state index in [1.54, 1.807) is 6.92 Å². The van der Waals surface area contributed by atoms with Crippen LogP contribution >= 0.6 is 0 Å². The van der Waals surface area contributed by atoms with Gasteiger partial charge in [-0.1, -0.05) is 13.0 Å². The molecule has 1 aromatic carbocycles. The Labute approximate surface area is 129 Å². The Morgan fingerprint density at radius 2 is 1.95 bits per heavy atom. The minimum Gasteiger partial charge on any atom is -0.478 e. The second kappa shape index (κ2) is 7.26. The largest absolute Gasteiger partial charge is 0.478 e. The van der Waals surface area contributed by atoms with Gasteiger partial charge in [-0.3, -0.25) is 4.79 Å². The first-order valence-corrected chi connectivity index (χ1v) is 8.38. The molecular weight excluding hydrogens is 310 g/mol.